The number of rotatable bonds is 5. The zero-order valence-corrected chi connectivity index (χ0v) is 20.1. The van der Waals surface area contributed by atoms with Gasteiger partial charge in [-0.2, -0.15) is 4.98 Å². The van der Waals surface area contributed by atoms with Crippen LogP contribution in [0.25, 0.3) is 21.3 Å². The van der Waals surface area contributed by atoms with E-state index in [1.807, 2.05) is 35.2 Å². The highest BCUT2D eigenvalue weighted by Gasteiger charge is 2.38. The first-order valence-corrected chi connectivity index (χ1v) is 12.3. The maximum atomic E-state index is 12.6. The number of nitrogens with zero attached hydrogens (tertiary/aromatic N) is 4. The Morgan fingerprint density at radius 2 is 2.14 bits per heavy atom. The van der Waals surface area contributed by atoms with E-state index in [9.17, 15) is 4.79 Å². The standard InChI is InChI=1S/C24H24N4O3S.CH2O2/c1-15(29)28(20-13-27-9-6-16(20)7-10-27)12-17-14-30-21-11-18(4-5-19(17)21)31-24-26-23-22(32-24)3-2-8-25-23;2-1-3/h2-5,8,11,14,16,20H,6-7,9-10,12-13H2,1H3;1H,(H,2,3). The largest absolute Gasteiger partial charge is 0.483 e. The zero-order valence-electron chi connectivity index (χ0n) is 19.3. The molecule has 1 N–H and O–H groups in total. The third kappa shape index (κ3) is 4.85. The molecule has 0 saturated carbocycles. The van der Waals surface area contributed by atoms with Crippen molar-refractivity contribution >= 4 is 45.0 Å². The van der Waals surface area contributed by atoms with Gasteiger partial charge < -0.3 is 24.1 Å². The third-order valence-electron chi connectivity index (χ3n) is 6.74. The summed E-state index contributed by atoms with van der Waals surface area (Å²) in [6.45, 7) is 5.30. The smallest absolute Gasteiger partial charge is 0.290 e. The van der Waals surface area contributed by atoms with E-state index >= 15 is 0 Å². The number of fused-ring (bicyclic) bond motifs is 5. The Balaban J connectivity index is 0.000000806. The molecule has 1 aromatic carbocycles. The normalized spacial score (nSPS) is 20.9. The van der Waals surface area contributed by atoms with Crippen molar-refractivity contribution in [2.45, 2.75) is 32.4 Å². The average molecular weight is 495 g/mol. The number of thiazole rings is 1. The molecule has 35 heavy (non-hydrogen) atoms. The molecule has 3 saturated heterocycles. The Morgan fingerprint density at radius 3 is 2.83 bits per heavy atom. The molecule has 1 atom stereocenters. The lowest BCUT2D eigenvalue weighted by molar-refractivity contribution is -0.136. The predicted molar refractivity (Wildman–Crippen MR) is 132 cm³/mol. The lowest BCUT2D eigenvalue weighted by atomic mass is 9.83. The van der Waals surface area contributed by atoms with Crippen molar-refractivity contribution in [2.75, 3.05) is 19.6 Å². The molecule has 7 rings (SSSR count). The summed E-state index contributed by atoms with van der Waals surface area (Å²) in [5.41, 5.74) is 2.46. The molecular weight excluding hydrogens is 468 g/mol. The molecule has 9 nitrogen and oxygen atoms in total. The molecule has 0 radical (unpaired) electrons. The molecule has 10 heteroatoms. The monoisotopic (exact) mass is 494 g/mol. The van der Waals surface area contributed by atoms with E-state index in [4.69, 9.17) is 19.1 Å². The summed E-state index contributed by atoms with van der Waals surface area (Å²) in [7, 11) is 0. The van der Waals surface area contributed by atoms with E-state index < -0.39 is 0 Å². The fraction of sp³-hybridized carbons (Fsp3) is 0.360. The SMILES string of the molecule is CC(=O)N(Cc1coc2cc(Oc3nc4ncccc4s3)ccc12)C1CN2CCC1CC2.O=CO. The van der Waals surface area contributed by atoms with E-state index in [2.05, 4.69) is 14.9 Å². The maximum Gasteiger partial charge on any atom is 0.290 e. The minimum Gasteiger partial charge on any atom is -0.483 e. The Kier molecular flexibility index (Phi) is 6.65. The van der Waals surface area contributed by atoms with Gasteiger partial charge in [-0.25, -0.2) is 4.98 Å². The summed E-state index contributed by atoms with van der Waals surface area (Å²) in [5.74, 6) is 1.39. The van der Waals surface area contributed by atoms with Gasteiger partial charge in [-0.3, -0.25) is 9.59 Å². The predicted octanol–water partition coefficient (Wildman–Crippen LogP) is 4.37. The first-order chi connectivity index (χ1) is 17.1. The number of benzene rings is 1. The van der Waals surface area contributed by atoms with Crippen LogP contribution in [0, 0.1) is 5.92 Å². The molecule has 4 aromatic rings. The highest BCUT2D eigenvalue weighted by atomic mass is 32.1. The Hall–Kier alpha value is -3.50. The van der Waals surface area contributed by atoms with Crippen molar-refractivity contribution in [1.29, 1.82) is 0 Å². The molecule has 1 amide bonds. The molecule has 1 unspecified atom stereocenters. The molecule has 2 bridgehead atoms. The quantitative estimate of drug-likeness (QED) is 0.407. The average Bonchev–Trinajstić information content (AvgIpc) is 3.46. The number of piperidine rings is 3. The second-order valence-electron chi connectivity index (χ2n) is 8.78. The number of ether oxygens (including phenoxy) is 1. The summed E-state index contributed by atoms with van der Waals surface area (Å²) < 4.78 is 12.8. The third-order valence-corrected chi connectivity index (χ3v) is 7.63. The van der Waals surface area contributed by atoms with Gasteiger partial charge in [0.1, 0.15) is 11.3 Å². The summed E-state index contributed by atoms with van der Waals surface area (Å²) in [6.07, 6.45) is 5.86. The fourth-order valence-corrected chi connectivity index (χ4v) is 5.87. The topological polar surface area (TPSA) is 109 Å². The zero-order chi connectivity index (χ0) is 24.4. The van der Waals surface area contributed by atoms with Crippen LogP contribution in [0.4, 0.5) is 0 Å². The molecule has 3 aliphatic heterocycles. The van der Waals surface area contributed by atoms with Crippen molar-refractivity contribution in [3.8, 4) is 10.9 Å². The van der Waals surface area contributed by atoms with Gasteiger partial charge in [0, 0.05) is 49.3 Å². The van der Waals surface area contributed by atoms with E-state index in [1.165, 1.54) is 24.2 Å². The number of hydrogen-bond acceptors (Lipinski definition) is 8. The van der Waals surface area contributed by atoms with Crippen molar-refractivity contribution in [1.82, 2.24) is 19.8 Å². The number of carbonyl (C=O) groups is 2. The van der Waals surface area contributed by atoms with Gasteiger partial charge in [0.25, 0.3) is 11.7 Å². The molecule has 3 aromatic heterocycles. The van der Waals surface area contributed by atoms with Gasteiger partial charge in [0.15, 0.2) is 5.65 Å². The Bertz CT molecular complexity index is 1310. The lowest BCUT2D eigenvalue weighted by Crippen LogP contribution is -2.58. The van der Waals surface area contributed by atoms with Crippen molar-refractivity contribution in [2.24, 2.45) is 5.92 Å². The number of carboxylic acid groups (broad SMARTS) is 1. The molecule has 0 spiro atoms. The van der Waals surface area contributed by atoms with Crippen LogP contribution in [0.1, 0.15) is 25.3 Å². The van der Waals surface area contributed by atoms with Crippen LogP contribution in [0.15, 0.2) is 47.2 Å². The van der Waals surface area contributed by atoms with Crippen LogP contribution in [0.2, 0.25) is 0 Å². The van der Waals surface area contributed by atoms with Crippen molar-refractivity contribution in [3.05, 3.63) is 48.4 Å². The van der Waals surface area contributed by atoms with Gasteiger partial charge in [-0.05, 0) is 56.1 Å². The number of aromatic nitrogens is 2. The highest BCUT2D eigenvalue weighted by Crippen LogP contribution is 2.35. The number of carbonyl (C=O) groups excluding carboxylic acids is 1. The summed E-state index contributed by atoms with van der Waals surface area (Å²) in [6, 6.07) is 9.96. The minimum atomic E-state index is -0.250. The van der Waals surface area contributed by atoms with Gasteiger partial charge in [-0.1, -0.05) is 11.3 Å². The fourth-order valence-electron chi connectivity index (χ4n) is 5.08. The molecule has 3 fully saturated rings. The van der Waals surface area contributed by atoms with Crippen LogP contribution >= 0.6 is 11.3 Å². The van der Waals surface area contributed by atoms with Crippen LogP contribution < -0.4 is 4.74 Å². The minimum absolute atomic E-state index is 0.127. The van der Waals surface area contributed by atoms with Gasteiger partial charge in [0.2, 0.25) is 5.91 Å². The first-order valence-electron chi connectivity index (χ1n) is 11.5. The van der Waals surface area contributed by atoms with Gasteiger partial charge in [0.05, 0.1) is 11.0 Å². The maximum absolute atomic E-state index is 12.6. The first kappa shape index (κ1) is 23.3. The van der Waals surface area contributed by atoms with Crippen LogP contribution in [0.3, 0.4) is 0 Å². The summed E-state index contributed by atoms with van der Waals surface area (Å²) in [5, 5.41) is 8.45. The van der Waals surface area contributed by atoms with Crippen molar-refractivity contribution in [3.63, 3.8) is 0 Å². The lowest BCUT2D eigenvalue weighted by Gasteiger charge is -2.48. The Labute approximate surface area is 205 Å². The van der Waals surface area contributed by atoms with Gasteiger partial charge in [-0.15, -0.1) is 0 Å². The number of hydrogen-bond donors (Lipinski definition) is 1. The highest BCUT2D eigenvalue weighted by molar-refractivity contribution is 7.20. The molecular formula is C25H26N4O5S. The van der Waals surface area contributed by atoms with Gasteiger partial charge >= 0.3 is 0 Å². The molecule has 182 valence electrons. The van der Waals surface area contributed by atoms with E-state index in [1.54, 1.807) is 19.4 Å². The van der Waals surface area contributed by atoms with E-state index in [-0.39, 0.29) is 18.4 Å². The number of pyridine rings is 1. The molecule has 6 heterocycles. The molecule has 0 aliphatic carbocycles. The number of furan rings is 1. The van der Waals surface area contributed by atoms with Crippen LogP contribution in [-0.2, 0) is 16.1 Å². The number of amides is 1. The van der Waals surface area contributed by atoms with E-state index in [0.29, 0.717) is 29.1 Å². The van der Waals surface area contributed by atoms with E-state index in [0.717, 1.165) is 40.9 Å². The summed E-state index contributed by atoms with van der Waals surface area (Å²) >= 11 is 1.46. The second-order valence-corrected chi connectivity index (χ2v) is 9.78. The van der Waals surface area contributed by atoms with Crippen LogP contribution in [0.5, 0.6) is 10.9 Å². The second kappa shape index (κ2) is 10.0. The van der Waals surface area contributed by atoms with Crippen LogP contribution in [-0.4, -0.2) is 62.9 Å². The molecule has 3 aliphatic rings. The van der Waals surface area contributed by atoms with Crippen molar-refractivity contribution < 1.29 is 23.8 Å². The Morgan fingerprint density at radius 1 is 1.34 bits per heavy atom. The summed E-state index contributed by atoms with van der Waals surface area (Å²) in [4.78, 5) is 34.1.